The first-order valence-electron chi connectivity index (χ1n) is 9.64. The Balaban J connectivity index is 1.73. The molecule has 0 unspecified atom stereocenters. The number of esters is 1. The minimum atomic E-state index is -3.54. The van der Waals surface area contributed by atoms with E-state index < -0.39 is 9.84 Å². The fraction of sp³-hybridized carbons (Fsp3) is 0.227. The van der Waals surface area contributed by atoms with Gasteiger partial charge in [-0.3, -0.25) is 0 Å². The van der Waals surface area contributed by atoms with Crippen LogP contribution in [0.15, 0.2) is 77.3 Å². The topological polar surface area (TPSA) is 91.1 Å². The standard InChI is InChI=1S/C22H23N3O4S2/c1-3-14-25-20(16-31(27,28)19-8-6-5-7-9-19)23-24-22(25)30-15-17-10-12-18(13-11-17)21(26)29-4-2/h3,5-13H,1,4,14-16H2,2H3. The average molecular weight is 458 g/mol. The highest BCUT2D eigenvalue weighted by Gasteiger charge is 2.21. The number of nitrogens with zero attached hydrogens (tertiary/aromatic N) is 3. The summed E-state index contributed by atoms with van der Waals surface area (Å²) in [7, 11) is -3.54. The van der Waals surface area contributed by atoms with Crippen LogP contribution in [0.5, 0.6) is 0 Å². The maximum atomic E-state index is 12.7. The van der Waals surface area contributed by atoms with E-state index in [4.69, 9.17) is 4.74 Å². The normalized spacial score (nSPS) is 11.3. The summed E-state index contributed by atoms with van der Waals surface area (Å²) in [5.41, 5.74) is 1.49. The predicted octanol–water partition coefficient (Wildman–Crippen LogP) is 3.91. The smallest absolute Gasteiger partial charge is 0.338 e. The third-order valence-corrected chi connectivity index (χ3v) is 7.03. The number of hydrogen-bond donors (Lipinski definition) is 0. The Bertz CT molecular complexity index is 1140. The molecule has 1 heterocycles. The molecule has 2 aromatic carbocycles. The van der Waals surface area contributed by atoms with Crippen LogP contribution in [0.25, 0.3) is 0 Å². The van der Waals surface area contributed by atoms with E-state index in [0.29, 0.717) is 35.4 Å². The van der Waals surface area contributed by atoms with Crippen LogP contribution in [-0.4, -0.2) is 35.8 Å². The van der Waals surface area contributed by atoms with E-state index in [-0.39, 0.29) is 16.6 Å². The fourth-order valence-electron chi connectivity index (χ4n) is 2.83. The lowest BCUT2D eigenvalue weighted by molar-refractivity contribution is 0.0526. The summed E-state index contributed by atoms with van der Waals surface area (Å²) in [6.45, 7) is 6.25. The van der Waals surface area contributed by atoms with Gasteiger partial charge >= 0.3 is 5.97 Å². The highest BCUT2D eigenvalue weighted by atomic mass is 32.2. The number of ether oxygens (including phenoxy) is 1. The molecule has 0 N–H and O–H groups in total. The SMILES string of the molecule is C=CCn1c(CS(=O)(=O)c2ccccc2)nnc1SCc1ccc(C(=O)OCC)cc1. The number of aromatic nitrogens is 3. The van der Waals surface area contributed by atoms with Crippen molar-refractivity contribution in [2.45, 2.75) is 35.0 Å². The number of allylic oxidation sites excluding steroid dienone is 1. The first kappa shape index (κ1) is 22.8. The molecule has 9 heteroatoms. The summed E-state index contributed by atoms with van der Waals surface area (Å²) >= 11 is 1.44. The molecule has 1 aromatic heterocycles. The lowest BCUT2D eigenvalue weighted by atomic mass is 10.1. The lowest BCUT2D eigenvalue weighted by Gasteiger charge is -2.09. The molecule has 0 bridgehead atoms. The highest BCUT2D eigenvalue weighted by Crippen LogP contribution is 2.24. The highest BCUT2D eigenvalue weighted by molar-refractivity contribution is 7.98. The molecule has 0 amide bonds. The molecule has 0 fully saturated rings. The van der Waals surface area contributed by atoms with Crippen LogP contribution in [0.4, 0.5) is 0 Å². The van der Waals surface area contributed by atoms with Crippen LogP contribution in [0.2, 0.25) is 0 Å². The largest absolute Gasteiger partial charge is 0.462 e. The van der Waals surface area contributed by atoms with Crippen molar-refractivity contribution in [2.75, 3.05) is 6.61 Å². The summed E-state index contributed by atoms with van der Waals surface area (Å²) in [6.07, 6.45) is 1.68. The third kappa shape index (κ3) is 5.83. The van der Waals surface area contributed by atoms with E-state index in [1.165, 1.54) is 11.8 Å². The number of thioether (sulfide) groups is 1. The Morgan fingerprint density at radius 2 is 1.84 bits per heavy atom. The van der Waals surface area contributed by atoms with Gasteiger partial charge in [0.25, 0.3) is 0 Å². The number of carbonyl (C=O) groups is 1. The molecule has 0 aliphatic rings. The molecular formula is C22H23N3O4S2. The molecule has 0 aliphatic heterocycles. The van der Waals surface area contributed by atoms with E-state index in [1.54, 1.807) is 60.0 Å². The lowest BCUT2D eigenvalue weighted by Crippen LogP contribution is -2.11. The van der Waals surface area contributed by atoms with Crippen molar-refractivity contribution in [3.63, 3.8) is 0 Å². The van der Waals surface area contributed by atoms with Gasteiger partial charge in [-0.05, 0) is 36.8 Å². The van der Waals surface area contributed by atoms with Gasteiger partial charge in [-0.1, -0.05) is 48.2 Å². The van der Waals surface area contributed by atoms with Gasteiger partial charge in [0.15, 0.2) is 15.0 Å². The molecule has 31 heavy (non-hydrogen) atoms. The van der Waals surface area contributed by atoms with Crippen LogP contribution in [-0.2, 0) is 32.6 Å². The third-order valence-electron chi connectivity index (χ3n) is 4.36. The van der Waals surface area contributed by atoms with Crippen LogP contribution >= 0.6 is 11.8 Å². The van der Waals surface area contributed by atoms with Gasteiger partial charge in [0.1, 0.15) is 11.6 Å². The second-order valence-electron chi connectivity index (χ2n) is 6.58. The Morgan fingerprint density at radius 3 is 2.48 bits per heavy atom. The fourth-order valence-corrected chi connectivity index (χ4v) is 5.04. The zero-order chi connectivity index (χ0) is 22.3. The predicted molar refractivity (Wildman–Crippen MR) is 120 cm³/mol. The maximum Gasteiger partial charge on any atom is 0.338 e. The molecular weight excluding hydrogens is 434 g/mol. The van der Waals surface area contributed by atoms with E-state index in [0.717, 1.165) is 5.56 Å². The van der Waals surface area contributed by atoms with Crippen molar-refractivity contribution in [2.24, 2.45) is 0 Å². The minimum absolute atomic E-state index is 0.243. The van der Waals surface area contributed by atoms with Crippen LogP contribution in [0, 0.1) is 0 Å². The van der Waals surface area contributed by atoms with Gasteiger partial charge < -0.3 is 9.30 Å². The summed E-state index contributed by atoms with van der Waals surface area (Å²) in [5.74, 6) is 0.358. The number of rotatable bonds is 10. The van der Waals surface area contributed by atoms with Gasteiger partial charge in [0.05, 0.1) is 17.1 Å². The number of hydrogen-bond acceptors (Lipinski definition) is 7. The van der Waals surface area contributed by atoms with Crippen LogP contribution < -0.4 is 0 Å². The van der Waals surface area contributed by atoms with E-state index in [1.807, 2.05) is 12.1 Å². The minimum Gasteiger partial charge on any atom is -0.462 e. The molecule has 162 valence electrons. The zero-order valence-electron chi connectivity index (χ0n) is 17.1. The summed E-state index contributed by atoms with van der Waals surface area (Å²) in [5, 5.41) is 8.91. The average Bonchev–Trinajstić information content (AvgIpc) is 3.14. The molecule has 0 atom stereocenters. The van der Waals surface area contributed by atoms with Crippen LogP contribution in [0.1, 0.15) is 28.7 Å². The van der Waals surface area contributed by atoms with E-state index in [2.05, 4.69) is 16.8 Å². The van der Waals surface area contributed by atoms with E-state index in [9.17, 15) is 13.2 Å². The molecule has 3 rings (SSSR count). The number of benzene rings is 2. The Morgan fingerprint density at radius 1 is 1.13 bits per heavy atom. The molecule has 7 nitrogen and oxygen atoms in total. The van der Waals surface area contributed by atoms with E-state index >= 15 is 0 Å². The van der Waals surface area contributed by atoms with Gasteiger partial charge in [0, 0.05) is 12.3 Å². The van der Waals surface area contributed by atoms with Crippen molar-refractivity contribution in [3.8, 4) is 0 Å². The summed E-state index contributed by atoms with van der Waals surface area (Å²) in [4.78, 5) is 12.0. The second-order valence-corrected chi connectivity index (χ2v) is 9.51. The maximum absolute atomic E-state index is 12.7. The quantitative estimate of drug-likeness (QED) is 0.259. The molecule has 0 saturated heterocycles. The van der Waals surface area contributed by atoms with Crippen molar-refractivity contribution < 1.29 is 17.9 Å². The molecule has 0 radical (unpaired) electrons. The van der Waals surface area contributed by atoms with Crippen LogP contribution in [0.3, 0.4) is 0 Å². The Labute approximate surface area is 186 Å². The summed E-state index contributed by atoms with van der Waals surface area (Å²) in [6, 6.07) is 15.4. The first-order chi connectivity index (χ1) is 14.9. The van der Waals surface area contributed by atoms with Gasteiger partial charge in [-0.2, -0.15) is 0 Å². The summed E-state index contributed by atoms with van der Waals surface area (Å²) < 4.78 is 32.2. The molecule has 0 saturated carbocycles. The van der Waals surface area contributed by atoms with Crippen molar-refractivity contribution in [3.05, 3.63) is 84.2 Å². The molecule has 0 spiro atoms. The monoisotopic (exact) mass is 457 g/mol. The van der Waals surface area contributed by atoms with Gasteiger partial charge in [0.2, 0.25) is 0 Å². The molecule has 0 aliphatic carbocycles. The number of sulfone groups is 1. The zero-order valence-corrected chi connectivity index (χ0v) is 18.7. The Kier molecular flexibility index (Phi) is 7.64. The second kappa shape index (κ2) is 10.4. The van der Waals surface area contributed by atoms with Crippen molar-refractivity contribution >= 4 is 27.6 Å². The number of carbonyl (C=O) groups excluding carboxylic acids is 1. The van der Waals surface area contributed by atoms with Gasteiger partial charge in [-0.25, -0.2) is 13.2 Å². The first-order valence-corrected chi connectivity index (χ1v) is 12.3. The van der Waals surface area contributed by atoms with Gasteiger partial charge in [-0.15, -0.1) is 16.8 Å². The molecule has 3 aromatic rings. The Hall–Kier alpha value is -2.91. The van der Waals surface area contributed by atoms with Crippen molar-refractivity contribution in [1.29, 1.82) is 0 Å². The van der Waals surface area contributed by atoms with Crippen molar-refractivity contribution in [1.82, 2.24) is 14.8 Å².